The van der Waals surface area contributed by atoms with Gasteiger partial charge in [-0.05, 0) is 29.3 Å². The van der Waals surface area contributed by atoms with E-state index in [-0.39, 0.29) is 0 Å². The maximum atomic E-state index is 11.7. The largest absolute Gasteiger partial charge is 0.478 e. The van der Waals surface area contributed by atoms with Gasteiger partial charge in [-0.25, -0.2) is 4.79 Å². The van der Waals surface area contributed by atoms with Crippen molar-refractivity contribution >= 4 is 23.4 Å². The quantitative estimate of drug-likeness (QED) is 0.689. The van der Waals surface area contributed by atoms with Crippen LogP contribution < -0.4 is 0 Å². The number of hydrogen-bond acceptors (Lipinski definition) is 3. The number of rotatable bonds is 4. The molecule has 0 bridgehead atoms. The lowest BCUT2D eigenvalue weighted by molar-refractivity contribution is -0.131. The van der Waals surface area contributed by atoms with Gasteiger partial charge >= 0.3 is 5.97 Å². The number of carboxylic acid groups (broad SMARTS) is 1. The van der Waals surface area contributed by atoms with Crippen LogP contribution in [-0.4, -0.2) is 16.9 Å². The predicted molar refractivity (Wildman–Crippen MR) is 82.7 cm³/mol. The molecule has 0 aliphatic carbocycles. The maximum Gasteiger partial charge on any atom is 0.328 e. The summed E-state index contributed by atoms with van der Waals surface area (Å²) >= 11 is 5.86. The molecule has 0 fully saturated rings. The van der Waals surface area contributed by atoms with Crippen LogP contribution in [0.25, 0.3) is 11.1 Å². The Hall–Kier alpha value is -2.90. The van der Waals surface area contributed by atoms with E-state index in [1.165, 1.54) is 0 Å². The van der Waals surface area contributed by atoms with Crippen molar-refractivity contribution < 1.29 is 14.7 Å². The van der Waals surface area contributed by atoms with Crippen LogP contribution in [0.4, 0.5) is 0 Å². The van der Waals surface area contributed by atoms with Crippen LogP contribution in [0.2, 0.25) is 5.02 Å². The Morgan fingerprint density at radius 3 is 2.36 bits per heavy atom. The number of carboxylic acids is 1. The van der Waals surface area contributed by atoms with Crippen molar-refractivity contribution in [1.29, 1.82) is 5.26 Å². The highest BCUT2D eigenvalue weighted by Gasteiger charge is 2.07. The molecule has 2 aromatic carbocycles. The standard InChI is InChI=1S/C17H10ClNO3/c18-14-5-6-15(13(9-14)10-19)11-1-3-12(4-2-11)16(20)7-8-17(21)22/h1-9H,(H,21,22). The van der Waals surface area contributed by atoms with Crippen LogP contribution in [0.3, 0.4) is 0 Å². The smallest absolute Gasteiger partial charge is 0.328 e. The predicted octanol–water partition coefficient (Wildman–Crippen LogP) is 3.70. The number of allylic oxidation sites excluding steroid dienone is 1. The molecule has 0 amide bonds. The number of halogens is 1. The van der Waals surface area contributed by atoms with Gasteiger partial charge in [-0.15, -0.1) is 0 Å². The second kappa shape index (κ2) is 6.70. The molecule has 0 radical (unpaired) electrons. The van der Waals surface area contributed by atoms with Gasteiger partial charge in [0.2, 0.25) is 0 Å². The average Bonchev–Trinajstić information content (AvgIpc) is 2.52. The third-order valence-corrected chi connectivity index (χ3v) is 3.19. The number of carbonyl (C=O) groups excluding carboxylic acids is 1. The SMILES string of the molecule is N#Cc1cc(Cl)ccc1-c1ccc(C(=O)C=CC(=O)O)cc1. The van der Waals surface area contributed by atoms with Gasteiger partial charge in [-0.3, -0.25) is 4.79 Å². The molecule has 0 saturated carbocycles. The second-order valence-electron chi connectivity index (χ2n) is 4.41. The van der Waals surface area contributed by atoms with Gasteiger partial charge < -0.3 is 5.11 Å². The first kappa shape index (κ1) is 15.5. The zero-order valence-electron chi connectivity index (χ0n) is 11.3. The number of hydrogen-bond donors (Lipinski definition) is 1. The summed E-state index contributed by atoms with van der Waals surface area (Å²) in [5, 5.41) is 18.1. The third kappa shape index (κ3) is 3.60. The van der Waals surface area contributed by atoms with E-state index in [1.54, 1.807) is 42.5 Å². The number of carbonyl (C=O) groups is 2. The molecule has 2 aromatic rings. The monoisotopic (exact) mass is 311 g/mol. The summed E-state index contributed by atoms with van der Waals surface area (Å²) in [6, 6.07) is 13.6. The lowest BCUT2D eigenvalue weighted by Crippen LogP contribution is -1.96. The summed E-state index contributed by atoms with van der Waals surface area (Å²) in [7, 11) is 0. The highest BCUT2D eigenvalue weighted by atomic mass is 35.5. The van der Waals surface area contributed by atoms with Gasteiger partial charge in [-0.1, -0.05) is 41.9 Å². The molecule has 1 N–H and O–H groups in total. The normalized spacial score (nSPS) is 10.4. The number of ketones is 1. The summed E-state index contributed by atoms with van der Waals surface area (Å²) < 4.78 is 0. The number of benzene rings is 2. The van der Waals surface area contributed by atoms with Gasteiger partial charge in [0.1, 0.15) is 0 Å². The van der Waals surface area contributed by atoms with E-state index in [0.717, 1.165) is 17.7 Å². The minimum Gasteiger partial charge on any atom is -0.478 e. The zero-order chi connectivity index (χ0) is 16.1. The molecular weight excluding hydrogens is 302 g/mol. The number of nitriles is 1. The molecule has 0 heterocycles. The van der Waals surface area contributed by atoms with Crippen LogP contribution in [0.1, 0.15) is 15.9 Å². The first-order chi connectivity index (χ1) is 10.5. The Labute approximate surface area is 131 Å². The van der Waals surface area contributed by atoms with Crippen LogP contribution in [0, 0.1) is 11.3 Å². The average molecular weight is 312 g/mol. The third-order valence-electron chi connectivity index (χ3n) is 2.96. The summed E-state index contributed by atoms with van der Waals surface area (Å²) in [6.45, 7) is 0. The molecule has 0 aromatic heterocycles. The van der Waals surface area contributed by atoms with Crippen molar-refractivity contribution in [3.05, 3.63) is 70.8 Å². The van der Waals surface area contributed by atoms with Crippen molar-refractivity contribution in [1.82, 2.24) is 0 Å². The molecule has 4 nitrogen and oxygen atoms in total. The van der Waals surface area contributed by atoms with Crippen LogP contribution in [0.15, 0.2) is 54.6 Å². The van der Waals surface area contributed by atoms with Crippen LogP contribution in [0.5, 0.6) is 0 Å². The van der Waals surface area contributed by atoms with Crippen molar-refractivity contribution in [2.24, 2.45) is 0 Å². The summed E-state index contributed by atoms with van der Waals surface area (Å²) in [6.07, 6.45) is 1.80. The second-order valence-corrected chi connectivity index (χ2v) is 4.85. The lowest BCUT2D eigenvalue weighted by atomic mass is 9.98. The molecule has 108 valence electrons. The van der Waals surface area contributed by atoms with Gasteiger partial charge in [0.15, 0.2) is 5.78 Å². The molecule has 5 heteroatoms. The Kier molecular flexibility index (Phi) is 4.72. The minimum absolute atomic E-state index is 0.369. The Balaban J connectivity index is 2.32. The number of nitrogens with zero attached hydrogens (tertiary/aromatic N) is 1. The van der Waals surface area contributed by atoms with Crippen molar-refractivity contribution in [3.63, 3.8) is 0 Å². The molecule has 0 aliphatic heterocycles. The highest BCUT2D eigenvalue weighted by Crippen LogP contribution is 2.26. The van der Waals surface area contributed by atoms with Crippen LogP contribution in [-0.2, 0) is 4.79 Å². The fraction of sp³-hybridized carbons (Fsp3) is 0. The zero-order valence-corrected chi connectivity index (χ0v) is 12.0. The molecular formula is C17H10ClNO3. The topological polar surface area (TPSA) is 78.2 Å². The van der Waals surface area contributed by atoms with E-state index >= 15 is 0 Å². The molecule has 22 heavy (non-hydrogen) atoms. The lowest BCUT2D eigenvalue weighted by Gasteiger charge is -2.05. The molecule has 0 aliphatic rings. The maximum absolute atomic E-state index is 11.7. The van der Waals surface area contributed by atoms with E-state index in [2.05, 4.69) is 6.07 Å². The fourth-order valence-electron chi connectivity index (χ4n) is 1.92. The van der Waals surface area contributed by atoms with Gasteiger partial charge in [0, 0.05) is 16.7 Å². The van der Waals surface area contributed by atoms with E-state index in [0.29, 0.717) is 21.7 Å². The molecule has 2 rings (SSSR count). The summed E-state index contributed by atoms with van der Waals surface area (Å²) in [5.74, 6) is -1.57. The van der Waals surface area contributed by atoms with E-state index in [9.17, 15) is 9.59 Å². The van der Waals surface area contributed by atoms with E-state index in [1.807, 2.05) is 0 Å². The Morgan fingerprint density at radius 1 is 1.09 bits per heavy atom. The van der Waals surface area contributed by atoms with E-state index < -0.39 is 11.8 Å². The number of aliphatic carboxylic acids is 1. The minimum atomic E-state index is -1.18. The Bertz CT molecular complexity index is 802. The van der Waals surface area contributed by atoms with Gasteiger partial charge in [0.05, 0.1) is 11.6 Å². The Morgan fingerprint density at radius 2 is 1.77 bits per heavy atom. The van der Waals surface area contributed by atoms with Crippen molar-refractivity contribution in [2.45, 2.75) is 0 Å². The molecule has 0 saturated heterocycles. The molecule has 0 unspecified atom stereocenters. The van der Waals surface area contributed by atoms with Gasteiger partial charge in [-0.2, -0.15) is 5.26 Å². The van der Waals surface area contributed by atoms with Gasteiger partial charge in [0.25, 0.3) is 0 Å². The fourth-order valence-corrected chi connectivity index (χ4v) is 2.09. The molecule has 0 spiro atoms. The summed E-state index contributed by atoms with van der Waals surface area (Å²) in [4.78, 5) is 22.1. The van der Waals surface area contributed by atoms with Crippen molar-refractivity contribution in [2.75, 3.05) is 0 Å². The first-order valence-electron chi connectivity index (χ1n) is 6.26. The van der Waals surface area contributed by atoms with Crippen molar-refractivity contribution in [3.8, 4) is 17.2 Å². The highest BCUT2D eigenvalue weighted by molar-refractivity contribution is 6.30. The molecule has 0 atom stereocenters. The van der Waals surface area contributed by atoms with Crippen LogP contribution >= 0.6 is 11.6 Å². The van der Waals surface area contributed by atoms with E-state index in [4.69, 9.17) is 22.0 Å². The first-order valence-corrected chi connectivity index (χ1v) is 6.64. The summed E-state index contributed by atoms with van der Waals surface area (Å²) in [5.41, 5.74) is 2.30.